The minimum absolute atomic E-state index is 0.0888. The van der Waals surface area contributed by atoms with Crippen LogP contribution in [0.5, 0.6) is 11.5 Å². The van der Waals surface area contributed by atoms with Gasteiger partial charge in [0.2, 0.25) is 6.79 Å². The average Bonchev–Trinajstić information content (AvgIpc) is 3.60. The van der Waals surface area contributed by atoms with Crippen LogP contribution in [-0.4, -0.2) is 34.1 Å². The van der Waals surface area contributed by atoms with Crippen LogP contribution in [0.25, 0.3) is 10.9 Å². The Morgan fingerprint density at radius 3 is 2.48 bits per heavy atom. The van der Waals surface area contributed by atoms with E-state index in [4.69, 9.17) is 9.47 Å². The lowest BCUT2D eigenvalue weighted by Crippen LogP contribution is -2.64. The van der Waals surface area contributed by atoms with Crippen molar-refractivity contribution in [2.24, 2.45) is 0 Å². The van der Waals surface area contributed by atoms with Crippen molar-refractivity contribution in [1.82, 2.24) is 14.8 Å². The van der Waals surface area contributed by atoms with E-state index in [-0.39, 0.29) is 31.2 Å². The smallest absolute Gasteiger partial charge is 0.272 e. The fourth-order valence-electron chi connectivity index (χ4n) is 6.96. The highest BCUT2D eigenvalue weighted by atomic mass is 16.7. The number of carbonyl (C=O) groups is 2. The number of hydrogen-bond acceptors (Lipinski definition) is 4. The largest absolute Gasteiger partial charge is 0.454 e. The average molecular weight is 564 g/mol. The van der Waals surface area contributed by atoms with Crippen molar-refractivity contribution in [3.05, 3.63) is 95.2 Å². The van der Waals surface area contributed by atoms with Gasteiger partial charge in [0.1, 0.15) is 5.69 Å². The maximum atomic E-state index is 14.9. The first kappa shape index (κ1) is 26.6. The van der Waals surface area contributed by atoms with Crippen molar-refractivity contribution in [3.63, 3.8) is 0 Å². The minimum atomic E-state index is -1.25. The van der Waals surface area contributed by atoms with E-state index < -0.39 is 5.54 Å². The van der Waals surface area contributed by atoms with Gasteiger partial charge in [-0.3, -0.25) is 9.59 Å². The van der Waals surface area contributed by atoms with E-state index in [1.165, 1.54) is 19.3 Å². The number of nitrogens with zero attached hydrogens (tertiary/aromatic N) is 2. The second kappa shape index (κ2) is 10.9. The summed E-state index contributed by atoms with van der Waals surface area (Å²) in [5.41, 5.74) is 3.12. The zero-order valence-corrected chi connectivity index (χ0v) is 24.1. The van der Waals surface area contributed by atoms with Gasteiger partial charge in [0, 0.05) is 23.5 Å². The van der Waals surface area contributed by atoms with Gasteiger partial charge in [-0.15, -0.1) is 0 Å². The summed E-state index contributed by atoms with van der Waals surface area (Å²) in [5, 5.41) is 4.46. The van der Waals surface area contributed by atoms with Gasteiger partial charge < -0.3 is 24.3 Å². The molecule has 7 nitrogen and oxygen atoms in total. The van der Waals surface area contributed by atoms with E-state index in [0.29, 0.717) is 23.7 Å². The first-order valence-electron chi connectivity index (χ1n) is 15.2. The second-order valence-corrected chi connectivity index (χ2v) is 12.0. The lowest BCUT2D eigenvalue weighted by atomic mass is 9.83. The molecule has 1 fully saturated rings. The molecular weight excluding hydrogens is 526 g/mol. The molecule has 216 valence electrons. The third-order valence-corrected chi connectivity index (χ3v) is 9.22. The summed E-state index contributed by atoms with van der Waals surface area (Å²) in [6.45, 7) is 2.82. The Hall–Kier alpha value is -4.26. The molecule has 0 bridgehead atoms. The molecule has 4 aromatic rings. The molecule has 7 heteroatoms. The van der Waals surface area contributed by atoms with Crippen LogP contribution in [0.15, 0.2) is 72.8 Å². The first-order valence-corrected chi connectivity index (χ1v) is 15.2. The molecule has 3 aliphatic rings. The van der Waals surface area contributed by atoms with Crippen LogP contribution in [-0.2, 0) is 23.4 Å². The highest BCUT2D eigenvalue weighted by Gasteiger charge is 2.53. The Morgan fingerprint density at radius 1 is 0.905 bits per heavy atom. The first-order chi connectivity index (χ1) is 20.5. The number of aromatic nitrogens is 1. The van der Waals surface area contributed by atoms with Crippen molar-refractivity contribution in [3.8, 4) is 11.5 Å². The standard InChI is InChI=1S/C35H37N3O4/c1-24-14-16-26-20-30-33(39)38(21-25-15-17-31-32(19-25)42-23-41-31)35(22-37(30)29(26)18-24,27-10-6-5-7-11-27)34(40)36-28-12-8-3-2-4-9-13-28/h5-7,10-11,14-20,28H,2-4,8-9,12-13,21-23H2,1H3,(H,36,40)/t35-/m0/s1. The highest BCUT2D eigenvalue weighted by molar-refractivity contribution is 6.04. The van der Waals surface area contributed by atoms with Crippen molar-refractivity contribution in [2.45, 2.75) is 76.5 Å². The van der Waals surface area contributed by atoms with Gasteiger partial charge in [0.05, 0.1) is 6.54 Å². The van der Waals surface area contributed by atoms with Gasteiger partial charge in [0.25, 0.3) is 11.8 Å². The predicted octanol–water partition coefficient (Wildman–Crippen LogP) is 6.46. The van der Waals surface area contributed by atoms with Crippen molar-refractivity contribution < 1.29 is 19.1 Å². The lowest BCUT2D eigenvalue weighted by molar-refractivity contribution is -0.136. The fraction of sp³-hybridized carbons (Fsp3) is 0.371. The van der Waals surface area contributed by atoms with E-state index in [1.54, 1.807) is 4.90 Å². The SMILES string of the molecule is Cc1ccc2cc3n(c2c1)C[C@@](C(=O)NC1CCCCCCC1)(c1ccccc1)N(Cc1ccc2c(c1)OCO2)C3=O. The molecule has 2 aliphatic heterocycles. The maximum absolute atomic E-state index is 14.9. The van der Waals surface area contributed by atoms with E-state index in [1.807, 2.05) is 54.6 Å². The van der Waals surface area contributed by atoms with Crippen LogP contribution in [0.3, 0.4) is 0 Å². The van der Waals surface area contributed by atoms with Gasteiger partial charge in [-0.1, -0.05) is 80.6 Å². The molecule has 1 N–H and O–H groups in total. The van der Waals surface area contributed by atoms with Crippen LogP contribution in [0.1, 0.15) is 72.1 Å². The number of hydrogen-bond donors (Lipinski definition) is 1. The molecule has 0 unspecified atom stereocenters. The fourth-order valence-corrected chi connectivity index (χ4v) is 6.96. The molecule has 1 aliphatic carbocycles. The van der Waals surface area contributed by atoms with Gasteiger partial charge in [-0.25, -0.2) is 0 Å². The summed E-state index contributed by atoms with van der Waals surface area (Å²) in [6, 6.07) is 23.9. The van der Waals surface area contributed by atoms with Gasteiger partial charge >= 0.3 is 0 Å². The van der Waals surface area contributed by atoms with Crippen LogP contribution in [0.2, 0.25) is 0 Å². The normalized spacial score (nSPS) is 20.7. The quantitative estimate of drug-likeness (QED) is 0.303. The van der Waals surface area contributed by atoms with E-state index in [0.717, 1.165) is 53.3 Å². The van der Waals surface area contributed by atoms with E-state index >= 15 is 0 Å². The van der Waals surface area contributed by atoms with Crippen molar-refractivity contribution >= 4 is 22.7 Å². The van der Waals surface area contributed by atoms with Crippen molar-refractivity contribution in [1.29, 1.82) is 0 Å². The minimum Gasteiger partial charge on any atom is -0.454 e. The summed E-state index contributed by atoms with van der Waals surface area (Å²) in [6.07, 6.45) is 7.79. The molecule has 1 saturated carbocycles. The third kappa shape index (κ3) is 4.61. The van der Waals surface area contributed by atoms with Gasteiger partial charge in [-0.2, -0.15) is 0 Å². The molecular formula is C35H37N3O4. The van der Waals surface area contributed by atoms with Gasteiger partial charge in [-0.05, 0) is 60.7 Å². The number of ether oxygens (including phenoxy) is 2. The molecule has 1 atom stereocenters. The van der Waals surface area contributed by atoms with Crippen LogP contribution in [0, 0.1) is 6.92 Å². The molecule has 1 aromatic heterocycles. The number of aryl methyl sites for hydroxylation is 1. The molecule has 0 saturated heterocycles. The predicted molar refractivity (Wildman–Crippen MR) is 161 cm³/mol. The Kier molecular flexibility index (Phi) is 6.88. The van der Waals surface area contributed by atoms with Crippen molar-refractivity contribution in [2.75, 3.05) is 6.79 Å². The Bertz CT molecular complexity index is 1640. The second-order valence-electron chi connectivity index (χ2n) is 12.0. The summed E-state index contributed by atoms with van der Waals surface area (Å²) >= 11 is 0. The Labute approximate surface area is 246 Å². The monoisotopic (exact) mass is 563 g/mol. The number of carbonyl (C=O) groups excluding carboxylic acids is 2. The third-order valence-electron chi connectivity index (χ3n) is 9.22. The number of fused-ring (bicyclic) bond motifs is 4. The number of amides is 2. The summed E-state index contributed by atoms with van der Waals surface area (Å²) in [5.74, 6) is 1.07. The number of benzene rings is 3. The topological polar surface area (TPSA) is 72.8 Å². The molecule has 3 heterocycles. The van der Waals surface area contributed by atoms with Gasteiger partial charge in [0.15, 0.2) is 17.0 Å². The molecule has 0 radical (unpaired) electrons. The van der Waals surface area contributed by atoms with E-state index in [9.17, 15) is 9.59 Å². The highest BCUT2D eigenvalue weighted by Crippen LogP contribution is 2.42. The number of rotatable bonds is 5. The van der Waals surface area contributed by atoms with Crippen LogP contribution < -0.4 is 14.8 Å². The Morgan fingerprint density at radius 2 is 1.67 bits per heavy atom. The summed E-state index contributed by atoms with van der Waals surface area (Å²) < 4.78 is 13.3. The summed E-state index contributed by atoms with van der Waals surface area (Å²) in [4.78, 5) is 31.3. The van der Waals surface area contributed by atoms with Crippen LogP contribution in [0.4, 0.5) is 0 Å². The zero-order chi connectivity index (χ0) is 28.7. The molecule has 2 amide bonds. The van der Waals surface area contributed by atoms with E-state index in [2.05, 4.69) is 35.0 Å². The lowest BCUT2D eigenvalue weighted by Gasteiger charge is -2.47. The van der Waals surface area contributed by atoms with Crippen LogP contribution >= 0.6 is 0 Å². The molecule has 3 aromatic carbocycles. The molecule has 0 spiro atoms. The maximum Gasteiger partial charge on any atom is 0.272 e. The summed E-state index contributed by atoms with van der Waals surface area (Å²) in [7, 11) is 0. The molecule has 7 rings (SSSR count). The molecule has 42 heavy (non-hydrogen) atoms. The zero-order valence-electron chi connectivity index (χ0n) is 24.1. The Balaban J connectivity index is 1.38. The number of nitrogens with one attached hydrogen (secondary N) is 1.